The lowest BCUT2D eigenvalue weighted by atomic mass is 9.96. The van der Waals surface area contributed by atoms with Crippen molar-refractivity contribution in [3.63, 3.8) is 0 Å². The number of anilines is 2. The number of rotatable bonds is 7. The summed E-state index contributed by atoms with van der Waals surface area (Å²) in [5.41, 5.74) is 6.26. The number of nitrogens with zero attached hydrogens (tertiary/aromatic N) is 3. The summed E-state index contributed by atoms with van der Waals surface area (Å²) in [7, 11) is 1.61. The van der Waals surface area contributed by atoms with Crippen LogP contribution in [0.2, 0.25) is 0 Å². The van der Waals surface area contributed by atoms with E-state index in [4.69, 9.17) is 17.0 Å². The van der Waals surface area contributed by atoms with Crippen molar-refractivity contribution in [2.75, 3.05) is 17.3 Å². The van der Waals surface area contributed by atoms with Gasteiger partial charge in [-0.3, -0.25) is 9.78 Å². The van der Waals surface area contributed by atoms with E-state index in [1.165, 1.54) is 29.8 Å². The van der Waals surface area contributed by atoms with Crippen molar-refractivity contribution in [2.24, 2.45) is 0 Å². The minimum atomic E-state index is -0.109. The Balaban J connectivity index is 1.61. The van der Waals surface area contributed by atoms with Crippen LogP contribution in [0.1, 0.15) is 67.0 Å². The number of ether oxygens (including phenoxy) is 1. The Morgan fingerprint density at radius 1 is 1.23 bits per heavy atom. The molecular weight excluding hydrogens is 458 g/mol. The summed E-state index contributed by atoms with van der Waals surface area (Å²) in [6.45, 7) is 6.22. The maximum Gasteiger partial charge on any atom is 0.224 e. The third kappa shape index (κ3) is 4.27. The summed E-state index contributed by atoms with van der Waals surface area (Å²) in [6.07, 6.45) is 4.68. The summed E-state index contributed by atoms with van der Waals surface area (Å²) in [5.74, 6) is 0.533. The first-order valence-electron chi connectivity index (χ1n) is 12.1. The molecular formula is C27H31N5O2S. The molecule has 1 saturated heterocycles. The van der Waals surface area contributed by atoms with E-state index < -0.39 is 0 Å². The Morgan fingerprint density at radius 3 is 2.69 bits per heavy atom. The SMILES string of the molecule is CCC(=O)Nc1ccc(N2C(=S)N[C@@H](c3ccccn3)[C@H]2c2cc(C)n(C3CC3)c2C)cc1OC. The highest BCUT2D eigenvalue weighted by atomic mass is 32.1. The molecule has 2 atom stereocenters. The van der Waals surface area contributed by atoms with Crippen LogP contribution in [0.25, 0.3) is 0 Å². The highest BCUT2D eigenvalue weighted by Crippen LogP contribution is 2.46. The summed E-state index contributed by atoms with van der Waals surface area (Å²) in [4.78, 5) is 18.8. The number of carbonyl (C=O) groups is 1. The molecule has 2 fully saturated rings. The molecule has 8 heteroatoms. The molecule has 1 aliphatic heterocycles. The van der Waals surface area contributed by atoms with E-state index in [-0.39, 0.29) is 18.0 Å². The second-order valence-corrected chi connectivity index (χ2v) is 9.60. The van der Waals surface area contributed by atoms with Crippen molar-refractivity contribution in [2.45, 2.75) is 58.2 Å². The lowest BCUT2D eigenvalue weighted by Crippen LogP contribution is -2.29. The maximum atomic E-state index is 12.0. The number of benzene rings is 1. The van der Waals surface area contributed by atoms with Crippen LogP contribution in [-0.4, -0.2) is 27.7 Å². The molecule has 2 aromatic heterocycles. The Labute approximate surface area is 211 Å². The number of hydrogen-bond acceptors (Lipinski definition) is 4. The average Bonchev–Trinajstić information content (AvgIpc) is 3.58. The van der Waals surface area contributed by atoms with E-state index in [2.05, 4.69) is 45.0 Å². The van der Waals surface area contributed by atoms with Gasteiger partial charge in [-0.05, 0) is 74.8 Å². The van der Waals surface area contributed by atoms with Crippen LogP contribution in [-0.2, 0) is 4.79 Å². The van der Waals surface area contributed by atoms with Crippen molar-refractivity contribution in [3.05, 3.63) is 71.3 Å². The lowest BCUT2D eigenvalue weighted by molar-refractivity contribution is -0.115. The fraction of sp³-hybridized carbons (Fsp3) is 0.370. The van der Waals surface area contributed by atoms with Crippen molar-refractivity contribution in [1.29, 1.82) is 0 Å². The summed E-state index contributed by atoms with van der Waals surface area (Å²) in [6, 6.07) is 14.5. The molecule has 1 aromatic carbocycles. The fourth-order valence-electron chi connectivity index (χ4n) is 5.12. The number of nitrogens with one attached hydrogen (secondary N) is 2. The fourth-order valence-corrected chi connectivity index (χ4v) is 5.46. The summed E-state index contributed by atoms with van der Waals surface area (Å²) >= 11 is 5.89. The van der Waals surface area contributed by atoms with Gasteiger partial charge < -0.3 is 24.8 Å². The number of hydrogen-bond donors (Lipinski definition) is 2. The first kappa shape index (κ1) is 23.4. The first-order valence-corrected chi connectivity index (χ1v) is 12.5. The van der Waals surface area contributed by atoms with Crippen molar-refractivity contribution in [1.82, 2.24) is 14.9 Å². The zero-order chi connectivity index (χ0) is 24.7. The largest absolute Gasteiger partial charge is 0.494 e. The normalized spacial score (nSPS) is 19.5. The van der Waals surface area contributed by atoms with Gasteiger partial charge in [0.2, 0.25) is 5.91 Å². The molecule has 3 aromatic rings. The van der Waals surface area contributed by atoms with E-state index in [0.29, 0.717) is 29.0 Å². The van der Waals surface area contributed by atoms with Gasteiger partial charge in [-0.2, -0.15) is 0 Å². The van der Waals surface area contributed by atoms with Crippen molar-refractivity contribution >= 4 is 34.6 Å². The predicted octanol–water partition coefficient (Wildman–Crippen LogP) is 5.37. The zero-order valence-corrected chi connectivity index (χ0v) is 21.4. The average molecular weight is 490 g/mol. The number of carbonyl (C=O) groups excluding carboxylic acids is 1. The number of pyridine rings is 1. The first-order chi connectivity index (χ1) is 16.9. The van der Waals surface area contributed by atoms with E-state index in [1.807, 2.05) is 49.5 Å². The molecule has 0 radical (unpaired) electrons. The Bertz CT molecular complexity index is 1270. The second kappa shape index (κ2) is 9.34. The van der Waals surface area contributed by atoms with E-state index in [1.54, 1.807) is 7.11 Å². The lowest BCUT2D eigenvalue weighted by Gasteiger charge is -2.29. The number of methoxy groups -OCH3 is 1. The van der Waals surface area contributed by atoms with E-state index >= 15 is 0 Å². The van der Waals surface area contributed by atoms with Gasteiger partial charge in [0.15, 0.2) is 5.11 Å². The van der Waals surface area contributed by atoms with Gasteiger partial charge >= 0.3 is 0 Å². The van der Waals surface area contributed by atoms with Gasteiger partial charge in [0.1, 0.15) is 5.75 Å². The van der Waals surface area contributed by atoms with Gasteiger partial charge in [-0.1, -0.05) is 13.0 Å². The number of aryl methyl sites for hydroxylation is 1. The minimum Gasteiger partial charge on any atom is -0.494 e. The molecule has 1 aliphatic carbocycles. The molecule has 0 bridgehead atoms. The van der Waals surface area contributed by atoms with Gasteiger partial charge in [-0.25, -0.2) is 0 Å². The molecule has 2 aliphatic rings. The van der Waals surface area contributed by atoms with Crippen LogP contribution in [0.15, 0.2) is 48.7 Å². The molecule has 1 saturated carbocycles. The molecule has 0 unspecified atom stereocenters. The van der Waals surface area contributed by atoms with Crippen LogP contribution < -0.4 is 20.3 Å². The number of amides is 1. The van der Waals surface area contributed by atoms with E-state index in [9.17, 15) is 4.79 Å². The topological polar surface area (TPSA) is 71.4 Å². The smallest absolute Gasteiger partial charge is 0.224 e. The molecule has 182 valence electrons. The molecule has 35 heavy (non-hydrogen) atoms. The molecule has 1 amide bonds. The van der Waals surface area contributed by atoms with Crippen LogP contribution in [0, 0.1) is 13.8 Å². The molecule has 2 N–H and O–H groups in total. The third-order valence-electron chi connectivity index (χ3n) is 6.91. The molecule has 7 nitrogen and oxygen atoms in total. The highest BCUT2D eigenvalue weighted by Gasteiger charge is 2.43. The van der Waals surface area contributed by atoms with Gasteiger partial charge in [0, 0.05) is 41.8 Å². The highest BCUT2D eigenvalue weighted by molar-refractivity contribution is 7.80. The standard InChI is InChI=1S/C27H31N5O2S/c1-5-24(33)29-21-12-11-19(15-23(21)34-4)32-26(20-14-16(2)31(17(20)3)18-9-10-18)25(30-27(32)35)22-8-6-7-13-28-22/h6-8,11-15,18,25-26H,5,9-10H2,1-4H3,(H,29,33)(H,30,35)/t25-,26+/m0/s1. The zero-order valence-electron chi connectivity index (χ0n) is 20.5. The molecule has 5 rings (SSSR count). The quantitative estimate of drug-likeness (QED) is 0.435. The molecule has 0 spiro atoms. The van der Waals surface area contributed by atoms with Crippen LogP contribution in [0.3, 0.4) is 0 Å². The van der Waals surface area contributed by atoms with Crippen LogP contribution in [0.4, 0.5) is 11.4 Å². The maximum absolute atomic E-state index is 12.0. The van der Waals surface area contributed by atoms with Crippen molar-refractivity contribution in [3.8, 4) is 5.75 Å². The summed E-state index contributed by atoms with van der Waals surface area (Å²) < 4.78 is 8.11. The second-order valence-electron chi connectivity index (χ2n) is 9.21. The predicted molar refractivity (Wildman–Crippen MR) is 142 cm³/mol. The number of thiocarbonyl (C=S) groups is 1. The van der Waals surface area contributed by atoms with Crippen LogP contribution in [0.5, 0.6) is 5.75 Å². The third-order valence-corrected chi connectivity index (χ3v) is 7.23. The van der Waals surface area contributed by atoms with E-state index in [0.717, 1.165) is 11.4 Å². The van der Waals surface area contributed by atoms with Gasteiger partial charge in [0.05, 0.1) is 30.6 Å². The van der Waals surface area contributed by atoms with Gasteiger partial charge in [0.25, 0.3) is 0 Å². The minimum absolute atomic E-state index is 0.0602. The van der Waals surface area contributed by atoms with Gasteiger partial charge in [-0.15, -0.1) is 0 Å². The summed E-state index contributed by atoms with van der Waals surface area (Å²) in [5, 5.41) is 7.08. The molecule has 3 heterocycles. The van der Waals surface area contributed by atoms with Crippen molar-refractivity contribution < 1.29 is 9.53 Å². The Morgan fingerprint density at radius 2 is 2.03 bits per heavy atom. The Hall–Kier alpha value is -3.39. The number of aromatic nitrogens is 2. The Kier molecular flexibility index (Phi) is 6.23. The van der Waals surface area contributed by atoms with Crippen LogP contribution >= 0.6 is 12.2 Å². The monoisotopic (exact) mass is 489 g/mol.